The zero-order valence-electron chi connectivity index (χ0n) is 15.5. The number of halogens is 1. The number of thiazole rings is 1. The largest absolute Gasteiger partial charge is 0.321 e. The van der Waals surface area contributed by atoms with Crippen LogP contribution in [0.3, 0.4) is 0 Å². The van der Waals surface area contributed by atoms with Crippen LogP contribution in [0, 0.1) is 5.82 Å². The first-order valence-electron chi connectivity index (χ1n) is 9.20. The summed E-state index contributed by atoms with van der Waals surface area (Å²) in [5.41, 5.74) is 2.78. The van der Waals surface area contributed by atoms with E-state index in [4.69, 9.17) is 0 Å². The standard InChI is InChI=1S/C22H18FN3O2S/c23-16-9-7-15(8-10-16)22-24-17(14-29-22)11-12-20(27)25-18-4-1-2-5-19(18)26-13-3-6-21(26)28/h1-2,4-5,7-12,14H,3,6,13H2,(H,25,27)/b12-11+. The third-order valence-electron chi connectivity index (χ3n) is 4.54. The molecule has 1 fully saturated rings. The third-order valence-corrected chi connectivity index (χ3v) is 5.45. The number of carbonyl (C=O) groups excluding carboxylic acids is 2. The SMILES string of the molecule is O=C(/C=C/c1csc(-c2ccc(F)cc2)n1)Nc1ccccc1N1CCCC1=O. The van der Waals surface area contributed by atoms with Crippen LogP contribution in [0.5, 0.6) is 0 Å². The number of hydrogen-bond donors (Lipinski definition) is 1. The van der Waals surface area contributed by atoms with E-state index in [2.05, 4.69) is 10.3 Å². The van der Waals surface area contributed by atoms with Gasteiger partial charge in [0.25, 0.3) is 0 Å². The summed E-state index contributed by atoms with van der Waals surface area (Å²) >= 11 is 1.42. The Balaban J connectivity index is 1.45. The summed E-state index contributed by atoms with van der Waals surface area (Å²) in [5.74, 6) is -0.531. The molecule has 0 saturated carbocycles. The minimum Gasteiger partial charge on any atom is -0.321 e. The smallest absolute Gasteiger partial charge is 0.248 e. The van der Waals surface area contributed by atoms with Crippen molar-refractivity contribution in [2.75, 3.05) is 16.8 Å². The highest BCUT2D eigenvalue weighted by molar-refractivity contribution is 7.13. The highest BCUT2D eigenvalue weighted by atomic mass is 32.1. The summed E-state index contributed by atoms with van der Waals surface area (Å²) in [5, 5.41) is 5.42. The van der Waals surface area contributed by atoms with Crippen molar-refractivity contribution in [2.24, 2.45) is 0 Å². The van der Waals surface area contributed by atoms with Crippen LogP contribution in [-0.2, 0) is 9.59 Å². The fraction of sp³-hybridized carbons (Fsp3) is 0.136. The molecule has 5 nitrogen and oxygen atoms in total. The maximum absolute atomic E-state index is 13.1. The molecule has 2 aromatic carbocycles. The summed E-state index contributed by atoms with van der Waals surface area (Å²) in [6.07, 6.45) is 4.39. The van der Waals surface area contributed by atoms with Crippen molar-refractivity contribution in [2.45, 2.75) is 12.8 Å². The number of benzene rings is 2. The number of hydrogen-bond acceptors (Lipinski definition) is 4. The molecule has 7 heteroatoms. The van der Waals surface area contributed by atoms with Crippen LogP contribution in [0.4, 0.5) is 15.8 Å². The molecule has 1 N–H and O–H groups in total. The van der Waals surface area contributed by atoms with Crippen LogP contribution >= 0.6 is 11.3 Å². The van der Waals surface area contributed by atoms with Gasteiger partial charge in [0.05, 0.1) is 17.1 Å². The fourth-order valence-electron chi connectivity index (χ4n) is 3.14. The number of aromatic nitrogens is 1. The Morgan fingerprint density at radius 1 is 1.17 bits per heavy atom. The molecule has 0 bridgehead atoms. The monoisotopic (exact) mass is 407 g/mol. The second-order valence-corrected chi connectivity index (χ2v) is 7.43. The molecular formula is C22H18FN3O2S. The summed E-state index contributed by atoms with van der Waals surface area (Å²) in [7, 11) is 0. The van der Waals surface area contributed by atoms with Gasteiger partial charge in [0.1, 0.15) is 10.8 Å². The molecule has 4 rings (SSSR count). The van der Waals surface area contributed by atoms with E-state index in [0.717, 1.165) is 17.0 Å². The van der Waals surface area contributed by atoms with Gasteiger partial charge in [-0.1, -0.05) is 12.1 Å². The minimum atomic E-state index is -0.305. The van der Waals surface area contributed by atoms with Crippen molar-refractivity contribution < 1.29 is 14.0 Å². The molecular weight excluding hydrogens is 389 g/mol. The Kier molecular flexibility index (Phi) is 5.48. The Morgan fingerprint density at radius 2 is 1.97 bits per heavy atom. The summed E-state index contributed by atoms with van der Waals surface area (Å²) in [6.45, 7) is 0.659. The van der Waals surface area contributed by atoms with Gasteiger partial charge < -0.3 is 10.2 Å². The van der Waals surface area contributed by atoms with E-state index in [1.807, 2.05) is 23.6 Å². The molecule has 0 atom stereocenters. The number of anilines is 2. The lowest BCUT2D eigenvalue weighted by molar-refractivity contribution is -0.117. The highest BCUT2D eigenvalue weighted by Crippen LogP contribution is 2.29. The van der Waals surface area contributed by atoms with Crippen LogP contribution in [-0.4, -0.2) is 23.3 Å². The van der Waals surface area contributed by atoms with Gasteiger partial charge in [0.2, 0.25) is 11.8 Å². The van der Waals surface area contributed by atoms with E-state index in [0.29, 0.717) is 30.0 Å². The third kappa shape index (κ3) is 4.41. The van der Waals surface area contributed by atoms with Crippen molar-refractivity contribution in [3.05, 3.63) is 71.5 Å². The first-order chi connectivity index (χ1) is 14.1. The normalized spacial score (nSPS) is 14.0. The van der Waals surface area contributed by atoms with Gasteiger partial charge in [0.15, 0.2) is 0 Å². The lowest BCUT2D eigenvalue weighted by Crippen LogP contribution is -2.25. The molecule has 2 amide bonds. The fourth-order valence-corrected chi connectivity index (χ4v) is 3.93. The van der Waals surface area contributed by atoms with Crippen LogP contribution in [0.2, 0.25) is 0 Å². The molecule has 0 radical (unpaired) electrons. The van der Waals surface area contributed by atoms with Gasteiger partial charge in [-0.25, -0.2) is 9.37 Å². The number of para-hydroxylation sites is 2. The van der Waals surface area contributed by atoms with Crippen LogP contribution in [0.1, 0.15) is 18.5 Å². The van der Waals surface area contributed by atoms with E-state index in [-0.39, 0.29) is 17.6 Å². The molecule has 0 aliphatic carbocycles. The molecule has 2 heterocycles. The minimum absolute atomic E-state index is 0.0676. The quantitative estimate of drug-likeness (QED) is 0.622. The highest BCUT2D eigenvalue weighted by Gasteiger charge is 2.23. The second-order valence-electron chi connectivity index (χ2n) is 6.57. The average Bonchev–Trinajstić information content (AvgIpc) is 3.37. The lowest BCUT2D eigenvalue weighted by Gasteiger charge is -2.19. The summed E-state index contributed by atoms with van der Waals surface area (Å²) in [6, 6.07) is 13.4. The first kappa shape index (κ1) is 19.0. The molecule has 29 heavy (non-hydrogen) atoms. The molecule has 1 aliphatic rings. The van der Waals surface area contributed by atoms with Crippen molar-refractivity contribution in [3.63, 3.8) is 0 Å². The second kappa shape index (κ2) is 8.36. The molecule has 0 unspecified atom stereocenters. The molecule has 0 spiro atoms. The van der Waals surface area contributed by atoms with Gasteiger partial charge in [0, 0.05) is 30.0 Å². The van der Waals surface area contributed by atoms with E-state index in [9.17, 15) is 14.0 Å². The lowest BCUT2D eigenvalue weighted by atomic mass is 10.2. The molecule has 3 aromatic rings. The van der Waals surface area contributed by atoms with E-state index in [1.54, 1.807) is 29.2 Å². The molecule has 1 saturated heterocycles. The topological polar surface area (TPSA) is 62.3 Å². The average molecular weight is 407 g/mol. The number of nitrogens with zero attached hydrogens (tertiary/aromatic N) is 2. The predicted molar refractivity (Wildman–Crippen MR) is 113 cm³/mol. The van der Waals surface area contributed by atoms with Gasteiger partial charge in [-0.3, -0.25) is 9.59 Å². The number of amides is 2. The number of carbonyl (C=O) groups is 2. The zero-order chi connectivity index (χ0) is 20.2. The van der Waals surface area contributed by atoms with Gasteiger partial charge in [-0.15, -0.1) is 11.3 Å². The van der Waals surface area contributed by atoms with Gasteiger partial charge in [-0.05, 0) is 48.9 Å². The van der Waals surface area contributed by atoms with Crippen LogP contribution in [0.25, 0.3) is 16.6 Å². The zero-order valence-corrected chi connectivity index (χ0v) is 16.3. The van der Waals surface area contributed by atoms with Crippen LogP contribution < -0.4 is 10.2 Å². The summed E-state index contributed by atoms with van der Waals surface area (Å²) in [4.78, 5) is 30.6. The Bertz CT molecular complexity index is 1080. The van der Waals surface area contributed by atoms with Crippen LogP contribution in [0.15, 0.2) is 60.0 Å². The van der Waals surface area contributed by atoms with Gasteiger partial charge >= 0.3 is 0 Å². The molecule has 146 valence electrons. The number of rotatable bonds is 5. The van der Waals surface area contributed by atoms with E-state index < -0.39 is 0 Å². The Hall–Kier alpha value is -3.32. The van der Waals surface area contributed by atoms with E-state index >= 15 is 0 Å². The van der Waals surface area contributed by atoms with E-state index in [1.165, 1.54) is 29.5 Å². The van der Waals surface area contributed by atoms with Gasteiger partial charge in [-0.2, -0.15) is 0 Å². The molecule has 1 aromatic heterocycles. The Labute approximate surface area is 171 Å². The van der Waals surface area contributed by atoms with Crippen molar-refractivity contribution in [3.8, 4) is 10.6 Å². The summed E-state index contributed by atoms with van der Waals surface area (Å²) < 4.78 is 13.1. The maximum atomic E-state index is 13.1. The van der Waals surface area contributed by atoms with Crippen molar-refractivity contribution in [1.29, 1.82) is 0 Å². The molecule has 1 aliphatic heterocycles. The maximum Gasteiger partial charge on any atom is 0.248 e. The first-order valence-corrected chi connectivity index (χ1v) is 10.1. The van der Waals surface area contributed by atoms with Crippen molar-refractivity contribution >= 4 is 40.6 Å². The number of nitrogens with one attached hydrogen (secondary N) is 1. The Morgan fingerprint density at radius 3 is 2.72 bits per heavy atom. The van der Waals surface area contributed by atoms with Crippen molar-refractivity contribution in [1.82, 2.24) is 4.98 Å². The predicted octanol–water partition coefficient (Wildman–Crippen LogP) is 4.73.